The van der Waals surface area contributed by atoms with Crippen LogP contribution in [0.3, 0.4) is 0 Å². The highest BCUT2D eigenvalue weighted by Gasteiger charge is 2.28. The predicted octanol–water partition coefficient (Wildman–Crippen LogP) is 3.18. The molecule has 124 valence electrons. The van der Waals surface area contributed by atoms with Gasteiger partial charge in [-0.25, -0.2) is 14.2 Å². The van der Waals surface area contributed by atoms with Crippen molar-refractivity contribution in [2.24, 2.45) is 0 Å². The van der Waals surface area contributed by atoms with Crippen molar-refractivity contribution in [1.29, 1.82) is 0 Å². The van der Waals surface area contributed by atoms with Crippen molar-refractivity contribution in [3.63, 3.8) is 0 Å². The maximum Gasteiger partial charge on any atom is 0.419 e. The lowest BCUT2D eigenvalue weighted by Gasteiger charge is -2.21. The van der Waals surface area contributed by atoms with Gasteiger partial charge >= 0.3 is 12.1 Å². The maximum atomic E-state index is 12.6. The Morgan fingerprint density at radius 1 is 1.22 bits per heavy atom. The van der Waals surface area contributed by atoms with Gasteiger partial charge in [-0.3, -0.25) is 0 Å². The SMILES string of the molecule is CN(C)Cc1c(C(=O)O)c2ccccc2n1C(=O)OC(C)(C)C. The Morgan fingerprint density at radius 3 is 2.35 bits per heavy atom. The number of aromatic carboxylic acids is 1. The zero-order valence-electron chi connectivity index (χ0n) is 14.1. The van der Waals surface area contributed by atoms with Gasteiger partial charge in [0.15, 0.2) is 0 Å². The second-order valence-electron chi connectivity index (χ2n) is 6.70. The molecule has 0 unspecified atom stereocenters. The summed E-state index contributed by atoms with van der Waals surface area (Å²) in [6.45, 7) is 5.65. The molecule has 0 saturated carbocycles. The van der Waals surface area contributed by atoms with Crippen molar-refractivity contribution in [2.75, 3.05) is 14.1 Å². The minimum Gasteiger partial charge on any atom is -0.478 e. The molecule has 6 heteroatoms. The third-order valence-electron chi connectivity index (χ3n) is 3.23. The largest absolute Gasteiger partial charge is 0.478 e. The molecule has 0 spiro atoms. The summed E-state index contributed by atoms with van der Waals surface area (Å²) >= 11 is 0. The Labute approximate surface area is 135 Å². The zero-order chi connectivity index (χ0) is 17.4. The summed E-state index contributed by atoms with van der Waals surface area (Å²) in [7, 11) is 3.64. The first-order chi connectivity index (χ1) is 10.6. The number of hydrogen-bond donors (Lipinski definition) is 1. The number of ether oxygens (including phenoxy) is 1. The highest BCUT2D eigenvalue weighted by molar-refractivity contribution is 6.07. The van der Waals surface area contributed by atoms with Gasteiger partial charge in [-0.1, -0.05) is 18.2 Å². The number of carbonyl (C=O) groups is 2. The summed E-state index contributed by atoms with van der Waals surface area (Å²) in [5.41, 5.74) is 0.426. The second kappa shape index (κ2) is 6.04. The van der Waals surface area contributed by atoms with Crippen LogP contribution in [0.25, 0.3) is 10.9 Å². The number of rotatable bonds is 3. The molecular formula is C17H22N2O4. The summed E-state index contributed by atoms with van der Waals surface area (Å²) in [5, 5.41) is 10.2. The molecule has 2 rings (SSSR count). The Kier molecular flexibility index (Phi) is 4.47. The average molecular weight is 318 g/mol. The Bertz CT molecular complexity index is 754. The van der Waals surface area contributed by atoms with Crippen molar-refractivity contribution in [1.82, 2.24) is 9.47 Å². The highest BCUT2D eigenvalue weighted by Crippen LogP contribution is 2.28. The van der Waals surface area contributed by atoms with Crippen LogP contribution < -0.4 is 0 Å². The molecule has 6 nitrogen and oxygen atoms in total. The molecule has 0 bridgehead atoms. The van der Waals surface area contributed by atoms with E-state index in [2.05, 4.69) is 0 Å². The maximum absolute atomic E-state index is 12.6. The van der Waals surface area contributed by atoms with E-state index in [1.165, 1.54) is 4.57 Å². The quantitative estimate of drug-likeness (QED) is 0.941. The van der Waals surface area contributed by atoms with Gasteiger partial charge in [-0.2, -0.15) is 0 Å². The Balaban J connectivity index is 2.75. The number of para-hydroxylation sites is 1. The van der Waals surface area contributed by atoms with Gasteiger partial charge in [-0.05, 0) is 40.9 Å². The van der Waals surface area contributed by atoms with Crippen molar-refractivity contribution in [3.8, 4) is 0 Å². The van der Waals surface area contributed by atoms with Gasteiger partial charge in [0.2, 0.25) is 0 Å². The molecule has 0 aliphatic carbocycles. The average Bonchev–Trinajstić information content (AvgIpc) is 2.69. The van der Waals surface area contributed by atoms with E-state index in [4.69, 9.17) is 4.74 Å². The van der Waals surface area contributed by atoms with Crippen LogP contribution in [-0.2, 0) is 11.3 Å². The van der Waals surface area contributed by atoms with Crippen LogP contribution in [0.2, 0.25) is 0 Å². The summed E-state index contributed by atoms with van der Waals surface area (Å²) in [6, 6.07) is 6.96. The molecule has 0 aliphatic heterocycles. The van der Waals surface area contributed by atoms with E-state index in [0.717, 1.165) is 0 Å². The number of hydrogen-bond acceptors (Lipinski definition) is 4. The van der Waals surface area contributed by atoms with Crippen molar-refractivity contribution >= 4 is 23.0 Å². The molecule has 0 saturated heterocycles. The van der Waals surface area contributed by atoms with E-state index in [-0.39, 0.29) is 5.56 Å². The molecule has 23 heavy (non-hydrogen) atoms. The number of benzene rings is 1. The normalized spacial score (nSPS) is 11.9. The van der Waals surface area contributed by atoms with Gasteiger partial charge in [0, 0.05) is 11.9 Å². The first-order valence-electron chi connectivity index (χ1n) is 7.35. The molecule has 0 atom stereocenters. The molecule has 0 amide bonds. The third kappa shape index (κ3) is 3.53. The first kappa shape index (κ1) is 17.0. The zero-order valence-corrected chi connectivity index (χ0v) is 14.1. The summed E-state index contributed by atoms with van der Waals surface area (Å²) in [6.07, 6.45) is -0.571. The fraction of sp³-hybridized carbons (Fsp3) is 0.412. The van der Waals surface area contributed by atoms with Gasteiger partial charge in [0.1, 0.15) is 5.60 Å². The van der Waals surface area contributed by atoms with E-state index in [1.54, 1.807) is 45.0 Å². The lowest BCUT2D eigenvalue weighted by molar-refractivity contribution is 0.0537. The van der Waals surface area contributed by atoms with Crippen LogP contribution in [-0.4, -0.2) is 46.3 Å². The van der Waals surface area contributed by atoms with E-state index < -0.39 is 17.7 Å². The van der Waals surface area contributed by atoms with E-state index in [1.807, 2.05) is 19.0 Å². The van der Waals surface area contributed by atoms with Gasteiger partial charge in [0.25, 0.3) is 0 Å². The van der Waals surface area contributed by atoms with Crippen LogP contribution in [0.15, 0.2) is 24.3 Å². The number of carbonyl (C=O) groups excluding carboxylic acids is 1. The molecule has 0 aliphatic rings. The van der Waals surface area contributed by atoms with Crippen molar-refractivity contribution in [2.45, 2.75) is 32.9 Å². The number of aromatic nitrogens is 1. The molecule has 1 heterocycles. The van der Waals surface area contributed by atoms with Crippen LogP contribution in [0.5, 0.6) is 0 Å². The van der Waals surface area contributed by atoms with Crippen LogP contribution in [0, 0.1) is 0 Å². The molecule has 1 aromatic heterocycles. The number of carboxylic acid groups (broad SMARTS) is 1. The second-order valence-corrected chi connectivity index (χ2v) is 6.70. The topological polar surface area (TPSA) is 71.8 Å². The smallest absolute Gasteiger partial charge is 0.419 e. The molecule has 1 aromatic carbocycles. The molecular weight excluding hydrogens is 296 g/mol. The van der Waals surface area contributed by atoms with E-state index in [9.17, 15) is 14.7 Å². The summed E-state index contributed by atoms with van der Waals surface area (Å²) in [5.74, 6) is -1.06. The van der Waals surface area contributed by atoms with Crippen molar-refractivity contribution < 1.29 is 19.4 Å². The summed E-state index contributed by atoms with van der Waals surface area (Å²) < 4.78 is 6.82. The summed E-state index contributed by atoms with van der Waals surface area (Å²) in [4.78, 5) is 26.2. The molecule has 0 fully saturated rings. The molecule has 1 N–H and O–H groups in total. The fourth-order valence-corrected chi connectivity index (χ4v) is 2.50. The van der Waals surface area contributed by atoms with E-state index in [0.29, 0.717) is 23.1 Å². The molecule has 0 radical (unpaired) electrons. The van der Waals surface area contributed by atoms with E-state index >= 15 is 0 Å². The van der Waals surface area contributed by atoms with Crippen LogP contribution >= 0.6 is 0 Å². The number of fused-ring (bicyclic) bond motifs is 1. The minimum atomic E-state index is -1.06. The number of nitrogens with zero attached hydrogens (tertiary/aromatic N) is 2. The van der Waals surface area contributed by atoms with Crippen LogP contribution in [0.4, 0.5) is 4.79 Å². The first-order valence-corrected chi connectivity index (χ1v) is 7.35. The lowest BCUT2D eigenvalue weighted by Crippen LogP contribution is -2.29. The molecule has 2 aromatic rings. The van der Waals surface area contributed by atoms with Gasteiger partial charge < -0.3 is 14.7 Å². The predicted molar refractivity (Wildman–Crippen MR) is 87.9 cm³/mol. The standard InChI is InChI=1S/C17H22N2O4/c1-17(2,3)23-16(22)19-12-9-7-6-8-11(12)14(15(20)21)13(19)10-18(4)5/h6-9H,10H2,1-5H3,(H,20,21). The monoisotopic (exact) mass is 318 g/mol. The van der Waals surface area contributed by atoms with Crippen molar-refractivity contribution in [3.05, 3.63) is 35.5 Å². The minimum absolute atomic E-state index is 0.139. The van der Waals surface area contributed by atoms with Gasteiger partial charge in [-0.15, -0.1) is 0 Å². The Hall–Kier alpha value is -2.34. The lowest BCUT2D eigenvalue weighted by atomic mass is 10.1. The third-order valence-corrected chi connectivity index (χ3v) is 3.23. The van der Waals surface area contributed by atoms with Crippen LogP contribution in [0.1, 0.15) is 36.8 Å². The Morgan fingerprint density at radius 2 is 1.83 bits per heavy atom. The fourth-order valence-electron chi connectivity index (χ4n) is 2.50. The number of carboxylic acids is 1. The van der Waals surface area contributed by atoms with Gasteiger partial charge in [0.05, 0.1) is 16.8 Å². The highest BCUT2D eigenvalue weighted by atomic mass is 16.6.